The molecular weight excluding hydrogens is 335 g/mol. The van der Waals surface area contributed by atoms with Crippen molar-refractivity contribution < 1.29 is 22.5 Å². The normalized spacial score (nSPS) is 11.8. The third-order valence-corrected chi connectivity index (χ3v) is 3.88. The van der Waals surface area contributed by atoms with Crippen LogP contribution in [-0.4, -0.2) is 20.9 Å². The first-order valence-corrected chi connectivity index (χ1v) is 7.40. The zero-order valence-corrected chi connectivity index (χ0v) is 13.7. The van der Waals surface area contributed by atoms with Crippen LogP contribution in [0.15, 0.2) is 28.8 Å². The minimum atomic E-state index is -4.45. The maximum absolute atomic E-state index is 12.8. The van der Waals surface area contributed by atoms with Crippen molar-refractivity contribution in [2.24, 2.45) is 0 Å². The minimum absolute atomic E-state index is 0.0390. The maximum Gasteiger partial charge on any atom is 0.416 e. The smallest absolute Gasteiger partial charge is 0.354 e. The van der Waals surface area contributed by atoms with Gasteiger partial charge in [0.05, 0.1) is 5.56 Å². The van der Waals surface area contributed by atoms with E-state index in [0.717, 1.165) is 12.1 Å². The first-order valence-electron chi connectivity index (χ1n) is 7.40. The van der Waals surface area contributed by atoms with Crippen LogP contribution in [-0.2, 0) is 6.18 Å². The minimum Gasteiger partial charge on any atom is -0.354 e. The number of nitrogens with zero attached hydrogens (tertiary/aromatic N) is 2. The number of hydrogen-bond acceptors (Lipinski definition) is 4. The van der Waals surface area contributed by atoms with Crippen LogP contribution >= 0.6 is 0 Å². The molecule has 3 aromatic rings. The molecule has 25 heavy (non-hydrogen) atoms. The Morgan fingerprint density at radius 1 is 1.24 bits per heavy atom. The Kier molecular flexibility index (Phi) is 3.98. The number of carbonyl (C=O) groups excluding carboxylic acids is 1. The third kappa shape index (κ3) is 3.07. The van der Waals surface area contributed by atoms with Gasteiger partial charge in [0.2, 0.25) is 5.82 Å². The van der Waals surface area contributed by atoms with Gasteiger partial charge in [-0.2, -0.15) is 18.2 Å². The molecule has 8 heteroatoms. The van der Waals surface area contributed by atoms with Gasteiger partial charge in [0, 0.05) is 16.8 Å². The zero-order chi connectivity index (χ0) is 18.4. The summed E-state index contributed by atoms with van der Waals surface area (Å²) in [5.74, 6) is 0.0488. The molecule has 0 atom stereocenters. The van der Waals surface area contributed by atoms with Crippen LogP contribution in [0.5, 0.6) is 0 Å². The maximum atomic E-state index is 12.8. The number of halogens is 3. The molecular formula is C17H14F3N3O2. The molecule has 0 aliphatic rings. The molecule has 0 spiro atoms. The van der Waals surface area contributed by atoms with Crippen LogP contribution in [0.1, 0.15) is 34.1 Å². The number of nitrogens with one attached hydrogen (secondary N) is 1. The van der Waals surface area contributed by atoms with E-state index in [1.165, 1.54) is 19.1 Å². The van der Waals surface area contributed by atoms with Gasteiger partial charge in [-0.3, -0.25) is 4.79 Å². The van der Waals surface area contributed by atoms with E-state index < -0.39 is 11.7 Å². The summed E-state index contributed by atoms with van der Waals surface area (Å²) >= 11 is 0. The topological polar surface area (TPSA) is 71.8 Å². The lowest BCUT2D eigenvalue weighted by Gasteiger charge is -2.06. The van der Waals surface area contributed by atoms with Gasteiger partial charge < -0.3 is 9.51 Å². The summed E-state index contributed by atoms with van der Waals surface area (Å²) < 4.78 is 43.7. The Bertz CT molecular complexity index is 954. The van der Waals surface area contributed by atoms with Crippen LogP contribution < -0.4 is 0 Å². The molecule has 0 radical (unpaired) electrons. The van der Waals surface area contributed by atoms with Crippen LogP contribution in [0.3, 0.4) is 0 Å². The number of H-pyrrole nitrogens is 1. The molecule has 0 unspecified atom stereocenters. The fourth-order valence-electron chi connectivity index (χ4n) is 2.77. The SMILES string of the molecule is CC(=O)c1c(C)[nH]c(-c2nc(-c3cccc(C(F)(F)F)c3)no2)c1C. The van der Waals surface area contributed by atoms with Gasteiger partial charge >= 0.3 is 6.18 Å². The highest BCUT2D eigenvalue weighted by Crippen LogP contribution is 2.32. The van der Waals surface area contributed by atoms with Crippen molar-refractivity contribution in [1.29, 1.82) is 0 Å². The molecule has 0 saturated heterocycles. The molecule has 0 aliphatic heterocycles. The first-order chi connectivity index (χ1) is 11.7. The van der Waals surface area contributed by atoms with Crippen molar-refractivity contribution in [3.63, 3.8) is 0 Å². The number of Topliss-reactive ketones (excluding diaryl/α,β-unsaturated/α-hetero) is 1. The van der Waals surface area contributed by atoms with Crippen molar-refractivity contribution in [3.8, 4) is 23.0 Å². The molecule has 3 rings (SSSR count). The molecule has 0 saturated carbocycles. The van der Waals surface area contributed by atoms with Crippen LogP contribution in [0.4, 0.5) is 13.2 Å². The van der Waals surface area contributed by atoms with Crippen LogP contribution in [0.2, 0.25) is 0 Å². The van der Waals surface area contributed by atoms with Gasteiger partial charge in [-0.05, 0) is 38.5 Å². The molecule has 0 bridgehead atoms. The second kappa shape index (κ2) is 5.87. The molecule has 5 nitrogen and oxygen atoms in total. The van der Waals surface area contributed by atoms with E-state index in [-0.39, 0.29) is 23.1 Å². The lowest BCUT2D eigenvalue weighted by molar-refractivity contribution is -0.137. The van der Waals surface area contributed by atoms with Crippen LogP contribution in [0, 0.1) is 13.8 Å². The van der Waals surface area contributed by atoms with Crippen LogP contribution in [0.25, 0.3) is 23.0 Å². The molecule has 130 valence electrons. The summed E-state index contributed by atoms with van der Waals surface area (Å²) in [6, 6.07) is 4.69. The Morgan fingerprint density at radius 2 is 1.96 bits per heavy atom. The Balaban J connectivity index is 2.02. The summed E-state index contributed by atoms with van der Waals surface area (Å²) in [5.41, 5.74) is 1.74. The van der Waals surface area contributed by atoms with Crippen molar-refractivity contribution in [2.75, 3.05) is 0 Å². The number of ketones is 1. The third-order valence-electron chi connectivity index (χ3n) is 3.88. The van der Waals surface area contributed by atoms with Crippen molar-refractivity contribution >= 4 is 5.78 Å². The van der Waals surface area contributed by atoms with Gasteiger partial charge in [-0.15, -0.1) is 0 Å². The van der Waals surface area contributed by atoms with E-state index in [9.17, 15) is 18.0 Å². The van der Waals surface area contributed by atoms with E-state index in [0.29, 0.717) is 22.5 Å². The van der Waals surface area contributed by atoms with E-state index in [2.05, 4.69) is 15.1 Å². The number of aromatic amines is 1. The van der Waals surface area contributed by atoms with E-state index in [4.69, 9.17) is 4.52 Å². The average molecular weight is 349 g/mol. The Hall–Kier alpha value is -2.90. The van der Waals surface area contributed by atoms with Gasteiger partial charge in [0.1, 0.15) is 5.69 Å². The summed E-state index contributed by atoms with van der Waals surface area (Å²) in [6.07, 6.45) is -4.45. The van der Waals surface area contributed by atoms with Crippen molar-refractivity contribution in [1.82, 2.24) is 15.1 Å². The summed E-state index contributed by atoms with van der Waals surface area (Å²) in [4.78, 5) is 18.9. The quantitative estimate of drug-likeness (QED) is 0.703. The fraction of sp³-hybridized carbons (Fsp3) is 0.235. The first kappa shape index (κ1) is 16.9. The number of carbonyl (C=O) groups is 1. The highest BCUT2D eigenvalue weighted by molar-refractivity contribution is 5.98. The van der Waals surface area contributed by atoms with E-state index in [1.54, 1.807) is 13.8 Å². The monoisotopic (exact) mass is 349 g/mol. The van der Waals surface area contributed by atoms with Gasteiger partial charge in [-0.1, -0.05) is 17.3 Å². The Morgan fingerprint density at radius 3 is 2.56 bits per heavy atom. The van der Waals surface area contributed by atoms with Crippen molar-refractivity contribution in [2.45, 2.75) is 26.9 Å². The van der Waals surface area contributed by atoms with E-state index in [1.807, 2.05) is 0 Å². The second-order valence-corrected chi connectivity index (χ2v) is 5.68. The summed E-state index contributed by atoms with van der Waals surface area (Å²) in [6.45, 7) is 4.94. The molecule has 0 fully saturated rings. The molecule has 0 aliphatic carbocycles. The molecule has 2 aromatic heterocycles. The molecule has 1 aromatic carbocycles. The molecule has 0 amide bonds. The number of rotatable bonds is 3. The highest BCUT2D eigenvalue weighted by Gasteiger charge is 2.31. The number of alkyl halides is 3. The molecule has 1 N–H and O–H groups in total. The summed E-state index contributed by atoms with van der Waals surface area (Å²) in [7, 11) is 0. The van der Waals surface area contributed by atoms with Gasteiger partial charge in [0.15, 0.2) is 5.78 Å². The predicted octanol–water partition coefficient (Wildman–Crippen LogP) is 4.57. The van der Waals surface area contributed by atoms with E-state index >= 15 is 0 Å². The molecule has 2 heterocycles. The van der Waals surface area contributed by atoms with Gasteiger partial charge in [0.25, 0.3) is 5.89 Å². The number of benzene rings is 1. The van der Waals surface area contributed by atoms with Gasteiger partial charge in [-0.25, -0.2) is 0 Å². The number of aromatic nitrogens is 3. The average Bonchev–Trinajstić information content (AvgIpc) is 3.11. The zero-order valence-electron chi connectivity index (χ0n) is 13.7. The number of aryl methyl sites for hydroxylation is 1. The Labute approximate surface area is 140 Å². The predicted molar refractivity (Wildman–Crippen MR) is 84.0 cm³/mol. The highest BCUT2D eigenvalue weighted by atomic mass is 19.4. The fourth-order valence-corrected chi connectivity index (χ4v) is 2.77. The number of hydrogen-bond donors (Lipinski definition) is 1. The second-order valence-electron chi connectivity index (χ2n) is 5.68. The lowest BCUT2D eigenvalue weighted by Crippen LogP contribution is -2.04. The standard InChI is InChI=1S/C17H14F3N3O2/c1-8-13(10(3)24)9(2)21-14(8)16-22-15(23-25-16)11-5-4-6-12(7-11)17(18,19)20/h4-7,21H,1-3H3. The lowest BCUT2D eigenvalue weighted by atomic mass is 10.1. The largest absolute Gasteiger partial charge is 0.416 e. The van der Waals surface area contributed by atoms with Crippen molar-refractivity contribution in [3.05, 3.63) is 46.6 Å². The summed E-state index contributed by atoms with van der Waals surface area (Å²) in [5, 5.41) is 3.75.